The second kappa shape index (κ2) is 5.17. The maximum Gasteiger partial charge on any atom is 0.304 e. The molecule has 1 heterocycles. The van der Waals surface area contributed by atoms with E-state index in [1.807, 2.05) is 30.3 Å². The van der Waals surface area contributed by atoms with Crippen LogP contribution in [0.4, 0.5) is 0 Å². The molecule has 1 amide bonds. The fourth-order valence-electron chi connectivity index (χ4n) is 2.06. The minimum Gasteiger partial charge on any atom is -0.442 e. The Labute approximate surface area is 120 Å². The summed E-state index contributed by atoms with van der Waals surface area (Å²) in [5.41, 5.74) is 1.65. The molecule has 0 saturated heterocycles. The highest BCUT2D eigenvalue weighted by Crippen LogP contribution is 2.37. The van der Waals surface area contributed by atoms with Crippen molar-refractivity contribution in [3.8, 4) is 0 Å². The molecule has 1 aliphatic rings. The quantitative estimate of drug-likeness (QED) is 0.620. The van der Waals surface area contributed by atoms with Gasteiger partial charge in [-0.25, -0.2) is 0 Å². The topological polar surface area (TPSA) is 46.6 Å². The molecule has 0 radical (unpaired) electrons. The lowest BCUT2D eigenvalue weighted by Crippen LogP contribution is -2.35. The van der Waals surface area contributed by atoms with Gasteiger partial charge in [-0.15, -0.1) is 0 Å². The highest BCUT2D eigenvalue weighted by molar-refractivity contribution is 9.10. The number of rotatable bonds is 2. The molecule has 1 aromatic carbocycles. The number of alkyl halides is 1. The third kappa shape index (κ3) is 3.04. The number of hydrogen-bond acceptors (Lipinski definition) is 3. The fourth-order valence-corrected chi connectivity index (χ4v) is 2.75. The van der Waals surface area contributed by atoms with Crippen LogP contribution < -0.4 is 0 Å². The third-order valence-corrected chi connectivity index (χ3v) is 3.42. The van der Waals surface area contributed by atoms with E-state index in [2.05, 4.69) is 15.9 Å². The van der Waals surface area contributed by atoms with Gasteiger partial charge in [0, 0.05) is 13.8 Å². The molecule has 0 N–H and O–H groups in total. The number of esters is 1. The number of benzene rings is 1. The van der Waals surface area contributed by atoms with Crippen LogP contribution in [-0.2, 0) is 14.3 Å². The molecule has 1 atom stereocenters. The SMILES string of the molecule is CC(=O)OC1(Br)C=C(c2ccccc2)N(C(C)=O)C1. The van der Waals surface area contributed by atoms with Crippen LogP contribution in [0, 0.1) is 0 Å². The molecule has 1 unspecified atom stereocenters. The predicted octanol–water partition coefficient (Wildman–Crippen LogP) is 2.54. The van der Waals surface area contributed by atoms with E-state index >= 15 is 0 Å². The van der Waals surface area contributed by atoms with Crippen LogP contribution in [0.15, 0.2) is 36.4 Å². The van der Waals surface area contributed by atoms with Crippen molar-refractivity contribution in [1.82, 2.24) is 4.90 Å². The Bertz CT molecular complexity index is 541. The molecular formula is C14H14BrNO3. The van der Waals surface area contributed by atoms with Crippen LogP contribution >= 0.6 is 15.9 Å². The van der Waals surface area contributed by atoms with Crippen molar-refractivity contribution >= 4 is 33.5 Å². The number of amides is 1. The van der Waals surface area contributed by atoms with E-state index in [1.54, 1.807) is 11.0 Å². The zero-order valence-corrected chi connectivity index (χ0v) is 12.3. The van der Waals surface area contributed by atoms with Crippen LogP contribution in [0.25, 0.3) is 5.70 Å². The van der Waals surface area contributed by atoms with Crippen LogP contribution in [0.1, 0.15) is 19.4 Å². The second-order valence-electron chi connectivity index (χ2n) is 4.38. The molecule has 0 aliphatic carbocycles. The first-order valence-electron chi connectivity index (χ1n) is 5.86. The smallest absolute Gasteiger partial charge is 0.304 e. The summed E-state index contributed by atoms with van der Waals surface area (Å²) in [4.78, 5) is 24.5. The molecule has 2 rings (SSSR count). The monoisotopic (exact) mass is 323 g/mol. The van der Waals surface area contributed by atoms with Crippen LogP contribution in [0.5, 0.6) is 0 Å². The first-order chi connectivity index (χ1) is 8.91. The van der Waals surface area contributed by atoms with Crippen molar-refractivity contribution in [2.75, 3.05) is 6.54 Å². The molecule has 0 aromatic heterocycles. The first-order valence-corrected chi connectivity index (χ1v) is 6.65. The van der Waals surface area contributed by atoms with Gasteiger partial charge in [-0.3, -0.25) is 9.59 Å². The van der Waals surface area contributed by atoms with Gasteiger partial charge < -0.3 is 9.64 Å². The van der Waals surface area contributed by atoms with Gasteiger partial charge in [0.05, 0.1) is 12.2 Å². The van der Waals surface area contributed by atoms with E-state index in [0.717, 1.165) is 11.3 Å². The zero-order valence-electron chi connectivity index (χ0n) is 10.7. The summed E-state index contributed by atoms with van der Waals surface area (Å²) < 4.78 is 4.29. The predicted molar refractivity (Wildman–Crippen MR) is 75.2 cm³/mol. The summed E-state index contributed by atoms with van der Waals surface area (Å²) in [7, 11) is 0. The Morgan fingerprint density at radius 3 is 2.42 bits per heavy atom. The summed E-state index contributed by atoms with van der Waals surface area (Å²) in [6.45, 7) is 3.10. The molecule has 0 spiro atoms. The standard InChI is InChI=1S/C14H14BrNO3/c1-10(17)16-9-14(15,19-11(2)18)8-13(16)12-6-4-3-5-7-12/h3-8H,9H2,1-2H3. The summed E-state index contributed by atoms with van der Waals surface area (Å²) in [6.07, 6.45) is 1.76. The number of halogens is 1. The highest BCUT2D eigenvalue weighted by atomic mass is 79.9. The normalized spacial score (nSPS) is 22.1. The summed E-state index contributed by atoms with van der Waals surface area (Å²) in [6, 6.07) is 9.52. The molecule has 0 saturated carbocycles. The van der Waals surface area contributed by atoms with E-state index in [4.69, 9.17) is 4.74 Å². The first kappa shape index (κ1) is 13.8. The van der Waals surface area contributed by atoms with Gasteiger partial charge in [0.15, 0.2) is 0 Å². The minimum absolute atomic E-state index is 0.0939. The van der Waals surface area contributed by atoms with Gasteiger partial charge in [0.1, 0.15) is 0 Å². The molecule has 4 nitrogen and oxygen atoms in total. The molecule has 100 valence electrons. The second-order valence-corrected chi connectivity index (χ2v) is 5.72. The van der Waals surface area contributed by atoms with Gasteiger partial charge in [-0.1, -0.05) is 30.3 Å². The van der Waals surface area contributed by atoms with Gasteiger partial charge in [0.2, 0.25) is 10.4 Å². The molecule has 0 fully saturated rings. The van der Waals surface area contributed by atoms with Crippen molar-refractivity contribution < 1.29 is 14.3 Å². The number of ether oxygens (including phenoxy) is 1. The maximum atomic E-state index is 11.7. The minimum atomic E-state index is -0.949. The average molecular weight is 324 g/mol. The van der Waals surface area contributed by atoms with Gasteiger partial charge in [-0.05, 0) is 27.6 Å². The molecule has 1 aromatic rings. The number of hydrogen-bond donors (Lipinski definition) is 0. The van der Waals surface area contributed by atoms with Crippen molar-refractivity contribution in [2.24, 2.45) is 0 Å². The van der Waals surface area contributed by atoms with E-state index in [9.17, 15) is 9.59 Å². The van der Waals surface area contributed by atoms with Crippen molar-refractivity contribution in [2.45, 2.75) is 18.4 Å². The van der Waals surface area contributed by atoms with Gasteiger partial charge in [0.25, 0.3) is 0 Å². The van der Waals surface area contributed by atoms with Crippen LogP contribution in [-0.4, -0.2) is 27.8 Å². The lowest BCUT2D eigenvalue weighted by atomic mass is 10.1. The Balaban J connectivity index is 2.39. The van der Waals surface area contributed by atoms with Crippen LogP contribution in [0.3, 0.4) is 0 Å². The Hall–Kier alpha value is -1.62. The van der Waals surface area contributed by atoms with Gasteiger partial charge in [-0.2, -0.15) is 0 Å². The average Bonchev–Trinajstić information content (AvgIpc) is 2.67. The Morgan fingerprint density at radius 1 is 1.26 bits per heavy atom. The van der Waals surface area contributed by atoms with Crippen molar-refractivity contribution in [3.63, 3.8) is 0 Å². The van der Waals surface area contributed by atoms with E-state index in [0.29, 0.717) is 0 Å². The number of carbonyl (C=O) groups is 2. The van der Waals surface area contributed by atoms with Crippen LogP contribution in [0.2, 0.25) is 0 Å². The Morgan fingerprint density at radius 2 is 1.89 bits per heavy atom. The summed E-state index contributed by atoms with van der Waals surface area (Å²) in [5.74, 6) is -0.491. The third-order valence-electron chi connectivity index (χ3n) is 2.78. The van der Waals surface area contributed by atoms with E-state index < -0.39 is 10.5 Å². The highest BCUT2D eigenvalue weighted by Gasteiger charge is 2.40. The fraction of sp³-hybridized carbons (Fsp3) is 0.286. The van der Waals surface area contributed by atoms with Crippen molar-refractivity contribution in [1.29, 1.82) is 0 Å². The Kier molecular flexibility index (Phi) is 3.75. The molecule has 0 bridgehead atoms. The lowest BCUT2D eigenvalue weighted by molar-refractivity contribution is -0.146. The molecule has 1 aliphatic heterocycles. The molecular weight excluding hydrogens is 310 g/mol. The largest absolute Gasteiger partial charge is 0.442 e. The molecule has 19 heavy (non-hydrogen) atoms. The summed E-state index contributed by atoms with van der Waals surface area (Å²) >= 11 is 3.38. The molecule has 5 heteroatoms. The lowest BCUT2D eigenvalue weighted by Gasteiger charge is -2.23. The number of carbonyl (C=O) groups excluding carboxylic acids is 2. The summed E-state index contributed by atoms with van der Waals surface area (Å²) in [5, 5.41) is 0. The van der Waals surface area contributed by atoms with E-state index in [-0.39, 0.29) is 12.5 Å². The maximum absolute atomic E-state index is 11.7. The van der Waals surface area contributed by atoms with E-state index in [1.165, 1.54) is 13.8 Å². The zero-order chi connectivity index (χ0) is 14.0. The van der Waals surface area contributed by atoms with Crippen molar-refractivity contribution in [3.05, 3.63) is 42.0 Å². The van der Waals surface area contributed by atoms with Gasteiger partial charge >= 0.3 is 5.97 Å². The number of nitrogens with zero attached hydrogens (tertiary/aromatic N) is 1.